The van der Waals surface area contributed by atoms with Crippen molar-refractivity contribution in [3.8, 4) is 0 Å². The molecule has 0 aliphatic carbocycles. The van der Waals surface area contributed by atoms with Crippen molar-refractivity contribution >= 4 is 53.3 Å². The fourth-order valence-corrected chi connectivity index (χ4v) is 2.50. The van der Waals surface area contributed by atoms with Crippen LogP contribution in [0.15, 0.2) is 34.2 Å². The number of halogens is 2. The first kappa shape index (κ1) is 21.8. The first-order valence-electron chi connectivity index (χ1n) is 7.15. The van der Waals surface area contributed by atoms with Crippen molar-refractivity contribution in [3.63, 3.8) is 0 Å². The molecule has 1 aromatic rings. The Balaban J connectivity index is 0.00000441. The zero-order valence-corrected chi connectivity index (χ0v) is 17.0. The lowest BCUT2D eigenvalue weighted by molar-refractivity contribution is 0.197. The van der Waals surface area contributed by atoms with E-state index in [9.17, 15) is 0 Å². The lowest BCUT2D eigenvalue weighted by Gasteiger charge is -2.11. The molecule has 0 saturated carbocycles. The van der Waals surface area contributed by atoms with E-state index in [-0.39, 0.29) is 24.0 Å². The number of aliphatic imine (C=N–C) groups is 1. The van der Waals surface area contributed by atoms with E-state index in [1.807, 2.05) is 24.3 Å². The molecule has 0 aliphatic rings. The van der Waals surface area contributed by atoms with Crippen LogP contribution < -0.4 is 10.6 Å². The van der Waals surface area contributed by atoms with Gasteiger partial charge in [-0.2, -0.15) is 0 Å². The summed E-state index contributed by atoms with van der Waals surface area (Å²) in [7, 11) is 1.71. The van der Waals surface area contributed by atoms with Gasteiger partial charge >= 0.3 is 0 Å². The average Bonchev–Trinajstić information content (AvgIpc) is 2.49. The molecule has 0 saturated heterocycles. The summed E-state index contributed by atoms with van der Waals surface area (Å²) in [5.74, 6) is 1.84. The maximum atomic E-state index is 5.87. The van der Waals surface area contributed by atoms with Crippen molar-refractivity contribution in [1.29, 1.82) is 0 Å². The molecule has 0 unspecified atom stereocenters. The number of ether oxygens (including phenoxy) is 1. The number of nitrogens with one attached hydrogen (secondary N) is 2. The van der Waals surface area contributed by atoms with E-state index in [1.54, 1.807) is 18.9 Å². The highest BCUT2D eigenvalue weighted by Gasteiger charge is 1.98. The molecule has 4 nitrogen and oxygen atoms in total. The minimum absolute atomic E-state index is 0. The van der Waals surface area contributed by atoms with Crippen molar-refractivity contribution < 1.29 is 4.74 Å². The number of hydrogen-bond donors (Lipinski definition) is 2. The standard InChI is InChI=1S/C15H24ClN3OS.HI/c1-3-17-15(18-9-4-11-20-2)19-10-12-21-14-7-5-13(16)6-8-14;/h5-8H,3-4,9-12H2,1-2H3,(H2,17,18,19);1H. The summed E-state index contributed by atoms with van der Waals surface area (Å²) >= 11 is 7.66. The second kappa shape index (κ2) is 14.4. The monoisotopic (exact) mass is 457 g/mol. The predicted octanol–water partition coefficient (Wildman–Crippen LogP) is 3.64. The smallest absolute Gasteiger partial charge is 0.191 e. The molecule has 0 fully saturated rings. The van der Waals surface area contributed by atoms with Gasteiger partial charge < -0.3 is 15.4 Å². The van der Waals surface area contributed by atoms with Gasteiger partial charge in [0.2, 0.25) is 0 Å². The molecule has 0 aliphatic heterocycles. The summed E-state index contributed by atoms with van der Waals surface area (Å²) in [6.07, 6.45) is 0.937. The molecule has 0 amide bonds. The van der Waals surface area contributed by atoms with Gasteiger partial charge in [-0.1, -0.05) is 11.6 Å². The molecule has 0 atom stereocenters. The van der Waals surface area contributed by atoms with Crippen LogP contribution in [0.25, 0.3) is 0 Å². The Morgan fingerprint density at radius 3 is 2.64 bits per heavy atom. The maximum absolute atomic E-state index is 5.87. The number of guanidine groups is 1. The third-order valence-corrected chi connectivity index (χ3v) is 3.86. The molecule has 0 bridgehead atoms. The fourth-order valence-electron chi connectivity index (χ4n) is 1.61. The molecule has 22 heavy (non-hydrogen) atoms. The average molecular weight is 458 g/mol. The summed E-state index contributed by atoms with van der Waals surface area (Å²) in [6.45, 7) is 5.31. The molecule has 2 N–H and O–H groups in total. The Morgan fingerprint density at radius 2 is 2.00 bits per heavy atom. The molecule has 0 spiro atoms. The number of methoxy groups -OCH3 is 1. The number of thioether (sulfide) groups is 1. The summed E-state index contributed by atoms with van der Waals surface area (Å²) in [6, 6.07) is 7.91. The molecular formula is C15H25ClIN3OS. The highest BCUT2D eigenvalue weighted by molar-refractivity contribution is 14.0. The first-order valence-corrected chi connectivity index (χ1v) is 8.52. The Morgan fingerprint density at radius 1 is 1.27 bits per heavy atom. The van der Waals surface area contributed by atoms with Crippen LogP contribution in [0.1, 0.15) is 13.3 Å². The van der Waals surface area contributed by atoms with E-state index in [0.29, 0.717) is 0 Å². The summed E-state index contributed by atoms with van der Waals surface area (Å²) in [5.41, 5.74) is 0. The van der Waals surface area contributed by atoms with Gasteiger partial charge in [-0.15, -0.1) is 35.7 Å². The van der Waals surface area contributed by atoms with Gasteiger partial charge in [0.05, 0.1) is 0 Å². The van der Waals surface area contributed by atoms with Gasteiger partial charge in [0.15, 0.2) is 5.96 Å². The maximum Gasteiger partial charge on any atom is 0.191 e. The fraction of sp³-hybridized carbons (Fsp3) is 0.533. The second-order valence-corrected chi connectivity index (χ2v) is 5.94. The SMILES string of the molecule is CCNC(=NCCCOC)NCCSc1ccc(Cl)cc1.I. The van der Waals surface area contributed by atoms with Gasteiger partial charge in [0, 0.05) is 49.0 Å². The Hall–Kier alpha value is -0.180. The van der Waals surface area contributed by atoms with Crippen LogP contribution in [0.4, 0.5) is 0 Å². The largest absolute Gasteiger partial charge is 0.385 e. The lowest BCUT2D eigenvalue weighted by Crippen LogP contribution is -2.38. The van der Waals surface area contributed by atoms with Crippen LogP contribution in [0.5, 0.6) is 0 Å². The van der Waals surface area contributed by atoms with Crippen molar-refractivity contribution in [2.24, 2.45) is 4.99 Å². The molecule has 7 heteroatoms. The minimum Gasteiger partial charge on any atom is -0.385 e. The minimum atomic E-state index is 0. The van der Waals surface area contributed by atoms with E-state index in [2.05, 4.69) is 22.5 Å². The molecule has 0 radical (unpaired) electrons. The number of hydrogen-bond acceptors (Lipinski definition) is 3. The van der Waals surface area contributed by atoms with E-state index < -0.39 is 0 Å². The van der Waals surface area contributed by atoms with Crippen LogP contribution in [0, 0.1) is 0 Å². The Labute approximate surface area is 159 Å². The zero-order chi connectivity index (χ0) is 15.3. The highest BCUT2D eigenvalue weighted by Crippen LogP contribution is 2.19. The van der Waals surface area contributed by atoms with Crippen molar-refractivity contribution in [2.45, 2.75) is 18.2 Å². The van der Waals surface area contributed by atoms with E-state index in [4.69, 9.17) is 16.3 Å². The van der Waals surface area contributed by atoms with Crippen LogP contribution in [-0.2, 0) is 4.74 Å². The van der Waals surface area contributed by atoms with E-state index in [0.717, 1.165) is 49.4 Å². The third kappa shape index (κ3) is 10.5. The van der Waals surface area contributed by atoms with Crippen molar-refractivity contribution in [3.05, 3.63) is 29.3 Å². The van der Waals surface area contributed by atoms with Crippen LogP contribution in [-0.4, -0.2) is 45.1 Å². The molecule has 126 valence electrons. The second-order valence-electron chi connectivity index (χ2n) is 4.34. The number of benzene rings is 1. The number of nitrogens with zero attached hydrogens (tertiary/aromatic N) is 1. The molecular weight excluding hydrogens is 433 g/mol. The van der Waals surface area contributed by atoms with Crippen molar-refractivity contribution in [1.82, 2.24) is 10.6 Å². The van der Waals surface area contributed by atoms with Gasteiger partial charge in [-0.25, -0.2) is 0 Å². The van der Waals surface area contributed by atoms with Gasteiger partial charge in [-0.05, 0) is 37.6 Å². The molecule has 1 rings (SSSR count). The molecule has 0 aromatic heterocycles. The normalized spacial score (nSPS) is 11.0. The highest BCUT2D eigenvalue weighted by atomic mass is 127. The third-order valence-electron chi connectivity index (χ3n) is 2.60. The molecule has 0 heterocycles. The van der Waals surface area contributed by atoms with Crippen molar-refractivity contribution in [2.75, 3.05) is 39.1 Å². The van der Waals surface area contributed by atoms with Gasteiger partial charge in [0.1, 0.15) is 0 Å². The lowest BCUT2D eigenvalue weighted by atomic mass is 10.4. The van der Waals surface area contributed by atoms with E-state index >= 15 is 0 Å². The quantitative estimate of drug-likeness (QED) is 0.195. The summed E-state index contributed by atoms with van der Waals surface area (Å²) in [5, 5.41) is 7.34. The van der Waals surface area contributed by atoms with Crippen LogP contribution >= 0.6 is 47.3 Å². The van der Waals surface area contributed by atoms with E-state index in [1.165, 1.54) is 4.90 Å². The van der Waals surface area contributed by atoms with Crippen LogP contribution in [0.2, 0.25) is 5.02 Å². The first-order chi connectivity index (χ1) is 10.3. The topological polar surface area (TPSA) is 45.7 Å². The zero-order valence-electron chi connectivity index (χ0n) is 13.1. The Kier molecular flexibility index (Phi) is 14.3. The number of rotatable bonds is 9. The summed E-state index contributed by atoms with van der Waals surface area (Å²) in [4.78, 5) is 5.72. The summed E-state index contributed by atoms with van der Waals surface area (Å²) < 4.78 is 5.02. The Bertz CT molecular complexity index is 418. The van der Waals surface area contributed by atoms with Gasteiger partial charge in [0.25, 0.3) is 0 Å². The predicted molar refractivity (Wildman–Crippen MR) is 108 cm³/mol. The van der Waals surface area contributed by atoms with Gasteiger partial charge in [-0.3, -0.25) is 4.99 Å². The van der Waals surface area contributed by atoms with Crippen LogP contribution in [0.3, 0.4) is 0 Å². The molecule has 1 aromatic carbocycles.